The lowest BCUT2D eigenvalue weighted by Gasteiger charge is -2.18. The first-order valence-corrected chi connectivity index (χ1v) is 5.71. The van der Waals surface area contributed by atoms with E-state index in [-0.39, 0.29) is 0 Å². The second kappa shape index (κ2) is 4.66. The van der Waals surface area contributed by atoms with Crippen LogP contribution in [0.15, 0.2) is 22.8 Å². The van der Waals surface area contributed by atoms with Crippen molar-refractivity contribution in [1.29, 1.82) is 0 Å². The summed E-state index contributed by atoms with van der Waals surface area (Å²) in [6, 6.07) is 0.410. The molecule has 1 aliphatic heterocycles. The Labute approximate surface area is 94.4 Å². The topological polar surface area (TPSA) is 52.5 Å². The van der Waals surface area contributed by atoms with Crippen molar-refractivity contribution in [2.24, 2.45) is 5.92 Å². The summed E-state index contributed by atoms with van der Waals surface area (Å²) in [4.78, 5) is 0. The molecular weight excluding hydrogens is 214 g/mol. The van der Waals surface area contributed by atoms with Crippen molar-refractivity contribution in [2.45, 2.75) is 31.6 Å². The number of nitrogens with one attached hydrogen (secondary N) is 1. The highest BCUT2D eigenvalue weighted by Gasteiger charge is 2.30. The van der Waals surface area contributed by atoms with Crippen molar-refractivity contribution < 1.29 is 10.2 Å². The SMILES string of the molecule is OC(O)CCC1CNC2CC=C(Cl)C=C12. The van der Waals surface area contributed by atoms with Crippen molar-refractivity contribution in [3.05, 3.63) is 22.8 Å². The fourth-order valence-corrected chi connectivity index (χ4v) is 2.53. The van der Waals surface area contributed by atoms with Gasteiger partial charge in [0.2, 0.25) is 0 Å². The van der Waals surface area contributed by atoms with E-state index in [0.717, 1.165) is 24.4 Å². The van der Waals surface area contributed by atoms with Crippen LogP contribution in [-0.4, -0.2) is 29.1 Å². The molecule has 1 heterocycles. The number of aliphatic hydroxyl groups excluding tert-OH is 1. The van der Waals surface area contributed by atoms with Crippen LogP contribution in [0.5, 0.6) is 0 Å². The molecule has 2 unspecified atom stereocenters. The van der Waals surface area contributed by atoms with Gasteiger partial charge in [-0.15, -0.1) is 0 Å². The maximum Gasteiger partial charge on any atom is 0.151 e. The smallest absolute Gasteiger partial charge is 0.151 e. The monoisotopic (exact) mass is 229 g/mol. The molecule has 0 amide bonds. The highest BCUT2D eigenvalue weighted by molar-refractivity contribution is 6.31. The van der Waals surface area contributed by atoms with Crippen LogP contribution in [0.1, 0.15) is 19.3 Å². The molecule has 3 nitrogen and oxygen atoms in total. The molecule has 15 heavy (non-hydrogen) atoms. The summed E-state index contributed by atoms with van der Waals surface area (Å²) in [7, 11) is 0. The fourth-order valence-electron chi connectivity index (χ4n) is 2.31. The molecule has 0 saturated carbocycles. The first-order valence-electron chi connectivity index (χ1n) is 5.33. The minimum atomic E-state index is -1.20. The van der Waals surface area contributed by atoms with Gasteiger partial charge >= 0.3 is 0 Å². The number of fused-ring (bicyclic) bond motifs is 1. The molecule has 0 spiro atoms. The van der Waals surface area contributed by atoms with Crippen molar-refractivity contribution in [1.82, 2.24) is 5.32 Å². The zero-order valence-electron chi connectivity index (χ0n) is 8.49. The van der Waals surface area contributed by atoms with Gasteiger partial charge in [-0.1, -0.05) is 17.7 Å². The average molecular weight is 230 g/mol. The summed E-state index contributed by atoms with van der Waals surface area (Å²) in [6.45, 7) is 0.918. The van der Waals surface area contributed by atoms with Gasteiger partial charge in [-0.3, -0.25) is 0 Å². The lowest BCUT2D eigenvalue weighted by molar-refractivity contribution is -0.0478. The number of allylic oxidation sites excluding steroid dienone is 2. The predicted molar refractivity (Wildman–Crippen MR) is 59.4 cm³/mol. The molecule has 2 rings (SSSR count). The summed E-state index contributed by atoms with van der Waals surface area (Å²) in [5.41, 5.74) is 1.32. The zero-order valence-corrected chi connectivity index (χ0v) is 9.24. The van der Waals surface area contributed by atoms with Crippen molar-refractivity contribution in [2.75, 3.05) is 6.54 Å². The predicted octanol–water partition coefficient (Wildman–Crippen LogP) is 1.12. The van der Waals surface area contributed by atoms with E-state index in [1.165, 1.54) is 5.57 Å². The fraction of sp³-hybridized carbons (Fsp3) is 0.636. The third-order valence-corrected chi connectivity index (χ3v) is 3.37. The Hall–Kier alpha value is -0.350. The van der Waals surface area contributed by atoms with Crippen LogP contribution >= 0.6 is 11.6 Å². The zero-order chi connectivity index (χ0) is 10.8. The summed E-state index contributed by atoms with van der Waals surface area (Å²) in [6.07, 6.45) is 5.02. The lowest BCUT2D eigenvalue weighted by atomic mass is 9.89. The highest BCUT2D eigenvalue weighted by Crippen LogP contribution is 2.33. The summed E-state index contributed by atoms with van der Waals surface area (Å²) in [5, 5.41) is 21.9. The van der Waals surface area contributed by atoms with Crippen LogP contribution in [0.2, 0.25) is 0 Å². The molecule has 1 aliphatic carbocycles. The third kappa shape index (κ3) is 2.61. The Kier molecular flexibility index (Phi) is 3.46. The molecule has 4 heteroatoms. The molecule has 3 N–H and O–H groups in total. The molecule has 0 radical (unpaired) electrons. The Balaban J connectivity index is 1.99. The highest BCUT2D eigenvalue weighted by atomic mass is 35.5. The van der Waals surface area contributed by atoms with Gasteiger partial charge in [-0.05, 0) is 36.8 Å². The Morgan fingerprint density at radius 3 is 3.07 bits per heavy atom. The normalized spacial score (nSPS) is 30.1. The molecule has 1 saturated heterocycles. The maximum absolute atomic E-state index is 8.84. The van der Waals surface area contributed by atoms with E-state index in [0.29, 0.717) is 18.4 Å². The van der Waals surface area contributed by atoms with Gasteiger partial charge in [-0.2, -0.15) is 0 Å². The van der Waals surface area contributed by atoms with E-state index < -0.39 is 6.29 Å². The Morgan fingerprint density at radius 1 is 1.53 bits per heavy atom. The van der Waals surface area contributed by atoms with Gasteiger partial charge in [-0.25, -0.2) is 0 Å². The van der Waals surface area contributed by atoms with E-state index in [1.54, 1.807) is 0 Å². The van der Waals surface area contributed by atoms with Crippen LogP contribution < -0.4 is 5.32 Å². The lowest BCUT2D eigenvalue weighted by Crippen LogP contribution is -2.22. The summed E-state index contributed by atoms with van der Waals surface area (Å²) < 4.78 is 0. The number of hydrogen-bond donors (Lipinski definition) is 3. The van der Waals surface area contributed by atoms with Gasteiger partial charge in [0, 0.05) is 17.6 Å². The molecular formula is C11H16ClNO2. The van der Waals surface area contributed by atoms with E-state index in [4.69, 9.17) is 21.8 Å². The second-order valence-corrected chi connectivity index (χ2v) is 4.62. The van der Waals surface area contributed by atoms with Crippen molar-refractivity contribution >= 4 is 11.6 Å². The number of hydrogen-bond acceptors (Lipinski definition) is 3. The second-order valence-electron chi connectivity index (χ2n) is 4.18. The molecule has 84 valence electrons. The minimum Gasteiger partial charge on any atom is -0.368 e. The quantitative estimate of drug-likeness (QED) is 0.636. The molecule has 0 bridgehead atoms. The molecule has 0 aromatic rings. The molecule has 2 atom stereocenters. The number of aliphatic hydroxyl groups is 2. The minimum absolute atomic E-state index is 0.402. The van der Waals surface area contributed by atoms with Gasteiger partial charge < -0.3 is 15.5 Å². The van der Waals surface area contributed by atoms with Crippen molar-refractivity contribution in [3.63, 3.8) is 0 Å². The summed E-state index contributed by atoms with van der Waals surface area (Å²) in [5.74, 6) is 0.402. The Bertz CT molecular complexity index is 299. The van der Waals surface area contributed by atoms with E-state index in [9.17, 15) is 0 Å². The van der Waals surface area contributed by atoms with Gasteiger partial charge in [0.05, 0.1) is 0 Å². The van der Waals surface area contributed by atoms with E-state index in [1.807, 2.05) is 12.2 Å². The first-order chi connectivity index (χ1) is 7.16. The summed E-state index contributed by atoms with van der Waals surface area (Å²) >= 11 is 5.97. The van der Waals surface area contributed by atoms with Crippen LogP contribution in [0.4, 0.5) is 0 Å². The van der Waals surface area contributed by atoms with E-state index >= 15 is 0 Å². The Morgan fingerprint density at radius 2 is 2.33 bits per heavy atom. The van der Waals surface area contributed by atoms with Crippen LogP contribution in [0.25, 0.3) is 0 Å². The van der Waals surface area contributed by atoms with Gasteiger partial charge in [0.15, 0.2) is 6.29 Å². The molecule has 0 aromatic heterocycles. The molecule has 2 aliphatic rings. The molecule has 0 aromatic carbocycles. The van der Waals surface area contributed by atoms with E-state index in [2.05, 4.69) is 5.32 Å². The van der Waals surface area contributed by atoms with Gasteiger partial charge in [0.1, 0.15) is 0 Å². The van der Waals surface area contributed by atoms with Crippen LogP contribution in [0.3, 0.4) is 0 Å². The standard InChI is InChI=1S/C11H16ClNO2/c12-8-2-3-10-9(5-8)7(6-13-10)1-4-11(14)15/h2,5,7,10-11,13-15H,1,3-4,6H2. The van der Waals surface area contributed by atoms with Crippen LogP contribution in [0, 0.1) is 5.92 Å². The average Bonchev–Trinajstić information content (AvgIpc) is 2.57. The largest absolute Gasteiger partial charge is 0.368 e. The van der Waals surface area contributed by atoms with Crippen LogP contribution in [-0.2, 0) is 0 Å². The first kappa shape index (κ1) is 11.1. The van der Waals surface area contributed by atoms with Crippen molar-refractivity contribution in [3.8, 4) is 0 Å². The number of rotatable bonds is 3. The number of halogens is 1. The third-order valence-electron chi connectivity index (χ3n) is 3.11. The van der Waals surface area contributed by atoms with Gasteiger partial charge in [0.25, 0.3) is 0 Å². The maximum atomic E-state index is 8.84. The molecule has 1 fully saturated rings.